The van der Waals surface area contributed by atoms with Gasteiger partial charge >= 0.3 is 0 Å². The van der Waals surface area contributed by atoms with Crippen LogP contribution in [0.15, 0.2) is 78.9 Å². The van der Waals surface area contributed by atoms with Crippen molar-refractivity contribution < 1.29 is 9.47 Å². The van der Waals surface area contributed by atoms with Crippen LogP contribution in [-0.4, -0.2) is 17.1 Å². The number of imidazole rings is 1. The summed E-state index contributed by atoms with van der Waals surface area (Å²) in [5, 5.41) is 9.51. The number of H-pyrrole nitrogens is 1. The smallest absolute Gasteiger partial charge is 0.166 e. The van der Waals surface area contributed by atoms with Crippen molar-refractivity contribution in [1.82, 2.24) is 9.97 Å². The van der Waals surface area contributed by atoms with E-state index in [1.165, 1.54) is 0 Å². The monoisotopic (exact) mass is 381 g/mol. The predicted octanol–water partition coefficient (Wildman–Crippen LogP) is 5.20. The molecular weight excluding hydrogens is 362 g/mol. The van der Waals surface area contributed by atoms with Crippen LogP contribution < -0.4 is 9.47 Å². The highest BCUT2D eigenvalue weighted by molar-refractivity contribution is 5.70. The lowest BCUT2D eigenvalue weighted by molar-refractivity contribution is 0.306. The highest BCUT2D eigenvalue weighted by Gasteiger charge is 2.13. The largest absolute Gasteiger partial charge is 0.497 e. The molecule has 1 heterocycles. The van der Waals surface area contributed by atoms with Crippen LogP contribution in [0.25, 0.3) is 22.6 Å². The van der Waals surface area contributed by atoms with Crippen LogP contribution in [0.2, 0.25) is 0 Å². The summed E-state index contributed by atoms with van der Waals surface area (Å²) >= 11 is 0. The highest BCUT2D eigenvalue weighted by Crippen LogP contribution is 2.28. The Bertz CT molecular complexity index is 1130. The van der Waals surface area contributed by atoms with E-state index in [-0.39, 0.29) is 0 Å². The van der Waals surface area contributed by atoms with E-state index >= 15 is 0 Å². The number of benzene rings is 3. The Balaban J connectivity index is 1.54. The molecule has 0 saturated heterocycles. The summed E-state index contributed by atoms with van der Waals surface area (Å²) in [5.41, 5.74) is 3.92. The summed E-state index contributed by atoms with van der Waals surface area (Å²) in [4.78, 5) is 7.71. The fourth-order valence-electron chi connectivity index (χ4n) is 3.01. The second-order valence-corrected chi connectivity index (χ2v) is 6.45. The van der Waals surface area contributed by atoms with Crippen molar-refractivity contribution in [3.63, 3.8) is 0 Å². The normalized spacial score (nSPS) is 10.3. The molecule has 142 valence electrons. The van der Waals surface area contributed by atoms with Gasteiger partial charge in [0.05, 0.1) is 12.8 Å². The van der Waals surface area contributed by atoms with Gasteiger partial charge in [-0.2, -0.15) is 5.26 Å². The van der Waals surface area contributed by atoms with E-state index < -0.39 is 0 Å². The molecule has 0 spiro atoms. The molecule has 4 aromatic rings. The number of rotatable bonds is 6. The first-order valence-corrected chi connectivity index (χ1v) is 9.18. The van der Waals surface area contributed by atoms with Crippen molar-refractivity contribution in [3.05, 3.63) is 90.1 Å². The third-order valence-electron chi connectivity index (χ3n) is 4.56. The minimum Gasteiger partial charge on any atom is -0.497 e. The summed E-state index contributed by atoms with van der Waals surface area (Å²) < 4.78 is 11.0. The summed E-state index contributed by atoms with van der Waals surface area (Å²) in [6.07, 6.45) is 0. The lowest BCUT2D eigenvalue weighted by Gasteiger charge is -2.07. The van der Waals surface area contributed by atoms with Gasteiger partial charge in [0.25, 0.3) is 0 Å². The molecule has 0 saturated carbocycles. The zero-order chi connectivity index (χ0) is 20.1. The van der Waals surface area contributed by atoms with E-state index in [1.807, 2.05) is 78.9 Å². The van der Waals surface area contributed by atoms with Gasteiger partial charge in [-0.25, -0.2) is 4.98 Å². The third-order valence-corrected chi connectivity index (χ3v) is 4.56. The van der Waals surface area contributed by atoms with Crippen LogP contribution in [0, 0.1) is 11.3 Å². The molecule has 5 nitrogen and oxygen atoms in total. The van der Waals surface area contributed by atoms with Gasteiger partial charge in [0, 0.05) is 11.1 Å². The average molecular weight is 381 g/mol. The van der Waals surface area contributed by atoms with Crippen molar-refractivity contribution in [2.45, 2.75) is 6.61 Å². The van der Waals surface area contributed by atoms with Gasteiger partial charge in [-0.15, -0.1) is 0 Å². The van der Waals surface area contributed by atoms with Crippen molar-refractivity contribution in [3.8, 4) is 40.2 Å². The summed E-state index contributed by atoms with van der Waals surface area (Å²) in [7, 11) is 1.63. The Morgan fingerprint density at radius 1 is 0.862 bits per heavy atom. The third kappa shape index (κ3) is 4.12. The molecule has 3 aromatic carbocycles. The number of hydrogen-bond acceptors (Lipinski definition) is 4. The molecule has 0 amide bonds. The van der Waals surface area contributed by atoms with E-state index in [1.54, 1.807) is 7.11 Å². The fourth-order valence-corrected chi connectivity index (χ4v) is 3.01. The molecule has 0 bridgehead atoms. The zero-order valence-corrected chi connectivity index (χ0v) is 15.9. The van der Waals surface area contributed by atoms with E-state index in [0.29, 0.717) is 23.8 Å². The molecule has 1 N–H and O–H groups in total. The molecule has 0 atom stereocenters. The zero-order valence-electron chi connectivity index (χ0n) is 15.9. The van der Waals surface area contributed by atoms with Crippen LogP contribution in [0.5, 0.6) is 11.5 Å². The van der Waals surface area contributed by atoms with Gasteiger partial charge in [0.15, 0.2) is 5.69 Å². The van der Waals surface area contributed by atoms with E-state index in [2.05, 4.69) is 16.0 Å². The standard InChI is InChI=1S/C24H19N3O2/c1-28-20-11-9-19(10-12-20)24-26-22(15-25)23(27-24)18-7-13-21(14-8-18)29-16-17-5-3-2-4-6-17/h2-14H,16H2,1H3,(H,26,27). The number of hydrogen-bond donors (Lipinski definition) is 1. The number of nitriles is 1. The first kappa shape index (κ1) is 18.3. The lowest BCUT2D eigenvalue weighted by Crippen LogP contribution is -1.94. The first-order valence-electron chi connectivity index (χ1n) is 9.18. The molecule has 0 radical (unpaired) electrons. The van der Waals surface area contributed by atoms with Gasteiger partial charge in [-0.05, 0) is 54.1 Å². The average Bonchev–Trinajstić information content (AvgIpc) is 3.23. The van der Waals surface area contributed by atoms with Crippen LogP contribution >= 0.6 is 0 Å². The van der Waals surface area contributed by atoms with Crippen molar-refractivity contribution in [2.24, 2.45) is 0 Å². The van der Waals surface area contributed by atoms with E-state index in [9.17, 15) is 5.26 Å². The van der Waals surface area contributed by atoms with Crippen molar-refractivity contribution in [1.29, 1.82) is 5.26 Å². The second-order valence-electron chi connectivity index (χ2n) is 6.45. The van der Waals surface area contributed by atoms with Gasteiger partial charge in [-0.1, -0.05) is 30.3 Å². The molecular formula is C24H19N3O2. The highest BCUT2D eigenvalue weighted by atomic mass is 16.5. The van der Waals surface area contributed by atoms with E-state index in [0.717, 1.165) is 28.2 Å². The predicted molar refractivity (Wildman–Crippen MR) is 112 cm³/mol. The molecule has 4 rings (SSSR count). The topological polar surface area (TPSA) is 70.9 Å². The second kappa shape index (κ2) is 8.32. The number of nitrogens with one attached hydrogen (secondary N) is 1. The number of aromatic nitrogens is 2. The Labute approximate surface area is 169 Å². The Kier molecular flexibility index (Phi) is 5.26. The molecule has 0 aliphatic carbocycles. The SMILES string of the molecule is COc1ccc(-c2nc(C#N)c(-c3ccc(OCc4ccccc4)cc3)[nH]2)cc1. The Morgan fingerprint density at radius 2 is 1.52 bits per heavy atom. The fraction of sp³-hybridized carbons (Fsp3) is 0.0833. The Morgan fingerprint density at radius 3 is 2.17 bits per heavy atom. The first-order chi connectivity index (χ1) is 14.3. The molecule has 0 fully saturated rings. The number of aromatic amines is 1. The number of methoxy groups -OCH3 is 1. The molecule has 1 aromatic heterocycles. The maximum absolute atomic E-state index is 9.51. The number of ether oxygens (including phenoxy) is 2. The van der Waals surface area contributed by atoms with Crippen molar-refractivity contribution >= 4 is 0 Å². The maximum atomic E-state index is 9.51. The van der Waals surface area contributed by atoms with Gasteiger partial charge in [0.2, 0.25) is 0 Å². The molecule has 0 unspecified atom stereocenters. The molecule has 0 aliphatic heterocycles. The van der Waals surface area contributed by atoms with E-state index in [4.69, 9.17) is 9.47 Å². The molecule has 5 heteroatoms. The van der Waals surface area contributed by atoms with Crippen LogP contribution in [0.4, 0.5) is 0 Å². The molecule has 29 heavy (non-hydrogen) atoms. The minimum atomic E-state index is 0.355. The number of nitrogens with zero attached hydrogens (tertiary/aromatic N) is 2. The van der Waals surface area contributed by atoms with Crippen LogP contribution in [0.1, 0.15) is 11.3 Å². The van der Waals surface area contributed by atoms with Crippen LogP contribution in [0.3, 0.4) is 0 Å². The maximum Gasteiger partial charge on any atom is 0.166 e. The van der Waals surface area contributed by atoms with Gasteiger partial charge in [-0.3, -0.25) is 0 Å². The summed E-state index contributed by atoms with van der Waals surface area (Å²) in [6, 6.07) is 27.4. The van der Waals surface area contributed by atoms with Gasteiger partial charge < -0.3 is 14.5 Å². The van der Waals surface area contributed by atoms with Crippen molar-refractivity contribution in [2.75, 3.05) is 7.11 Å². The summed E-state index contributed by atoms with van der Waals surface area (Å²) in [6.45, 7) is 0.509. The summed E-state index contributed by atoms with van der Waals surface area (Å²) in [5.74, 6) is 2.18. The quantitative estimate of drug-likeness (QED) is 0.498. The van der Waals surface area contributed by atoms with Crippen LogP contribution in [-0.2, 0) is 6.61 Å². The minimum absolute atomic E-state index is 0.355. The lowest BCUT2D eigenvalue weighted by atomic mass is 10.1. The molecule has 0 aliphatic rings. The van der Waals surface area contributed by atoms with Gasteiger partial charge in [0.1, 0.15) is 30.0 Å². The Hall–Kier alpha value is -4.04.